The third-order valence-electron chi connectivity index (χ3n) is 6.51. The molecule has 2 aliphatic rings. The maximum Gasteiger partial charge on any atom is 0.457 e. The monoisotopic (exact) mass is 472 g/mol. The Morgan fingerprint density at radius 2 is 1.31 bits per heavy atom. The Kier molecular flexibility index (Phi) is 7.02. The van der Waals surface area contributed by atoms with Crippen LogP contribution in [0.2, 0.25) is 6.32 Å². The van der Waals surface area contributed by atoms with Crippen LogP contribution in [0.3, 0.4) is 0 Å². The summed E-state index contributed by atoms with van der Waals surface area (Å²) in [6, 6.07) is 30.5. The van der Waals surface area contributed by atoms with Gasteiger partial charge in [0.25, 0.3) is 0 Å². The molecule has 3 aromatic carbocycles. The number of esters is 1. The van der Waals surface area contributed by atoms with Crippen LogP contribution in [0.25, 0.3) is 0 Å². The molecule has 2 heterocycles. The van der Waals surface area contributed by atoms with Crippen molar-refractivity contribution in [2.45, 2.75) is 50.4 Å². The zero-order valence-electron chi connectivity index (χ0n) is 19.9. The molecule has 0 aromatic heterocycles. The Hall–Kier alpha value is -2.97. The fourth-order valence-electron chi connectivity index (χ4n) is 4.94. The molecule has 35 heavy (non-hydrogen) atoms. The number of rotatable bonds is 8. The Bertz CT molecular complexity index is 1010. The number of fused-ring (bicyclic) bond motifs is 1. The smallest absolute Gasteiger partial charge is 0.433 e. The van der Waals surface area contributed by atoms with E-state index < -0.39 is 36.2 Å². The van der Waals surface area contributed by atoms with Crippen LogP contribution in [-0.2, 0) is 33.9 Å². The predicted molar refractivity (Wildman–Crippen MR) is 132 cm³/mol. The van der Waals surface area contributed by atoms with E-state index in [0.717, 1.165) is 16.7 Å². The lowest BCUT2D eigenvalue weighted by Gasteiger charge is -2.37. The van der Waals surface area contributed by atoms with Gasteiger partial charge in [0.2, 0.25) is 6.29 Å². The van der Waals surface area contributed by atoms with Gasteiger partial charge in [-0.15, -0.1) is 0 Å². The van der Waals surface area contributed by atoms with Crippen LogP contribution in [0.4, 0.5) is 0 Å². The van der Waals surface area contributed by atoms with E-state index >= 15 is 0 Å². The highest BCUT2D eigenvalue weighted by molar-refractivity contribution is 6.45. The van der Waals surface area contributed by atoms with Crippen LogP contribution in [0.5, 0.6) is 0 Å². The minimum absolute atomic E-state index is 0.206. The highest BCUT2D eigenvalue weighted by Crippen LogP contribution is 2.42. The number of carbonyl (C=O) groups excluding carboxylic acids is 1. The summed E-state index contributed by atoms with van der Waals surface area (Å²) in [7, 11) is -0.364. The highest BCUT2D eigenvalue weighted by Gasteiger charge is 2.55. The van der Waals surface area contributed by atoms with Gasteiger partial charge in [0, 0.05) is 6.92 Å². The largest absolute Gasteiger partial charge is 0.457 e. The van der Waals surface area contributed by atoms with E-state index in [-0.39, 0.29) is 13.7 Å². The van der Waals surface area contributed by atoms with Gasteiger partial charge < -0.3 is 23.5 Å². The van der Waals surface area contributed by atoms with Gasteiger partial charge in [-0.2, -0.15) is 0 Å². The van der Waals surface area contributed by atoms with Crippen LogP contribution >= 0.6 is 0 Å². The van der Waals surface area contributed by atoms with E-state index in [9.17, 15) is 4.79 Å². The van der Waals surface area contributed by atoms with E-state index in [4.69, 9.17) is 23.5 Å². The predicted octanol–water partition coefficient (Wildman–Crippen LogP) is 4.58. The molecule has 2 aliphatic heterocycles. The zero-order valence-corrected chi connectivity index (χ0v) is 19.9. The molecule has 0 radical (unpaired) electrons. The molecular formula is C28H29BO6. The molecule has 0 N–H and O–H groups in total. The minimum Gasteiger partial charge on any atom is -0.433 e. The number of carbonyl (C=O) groups is 1. The maximum atomic E-state index is 11.7. The van der Waals surface area contributed by atoms with Gasteiger partial charge in [0.1, 0.15) is 23.9 Å². The number of hydrogen-bond donors (Lipinski definition) is 0. The van der Waals surface area contributed by atoms with Gasteiger partial charge in [0.15, 0.2) is 0 Å². The van der Waals surface area contributed by atoms with Gasteiger partial charge >= 0.3 is 13.1 Å². The van der Waals surface area contributed by atoms with Crippen LogP contribution < -0.4 is 0 Å². The Balaban J connectivity index is 1.52. The fourth-order valence-corrected chi connectivity index (χ4v) is 4.94. The van der Waals surface area contributed by atoms with Crippen LogP contribution in [0.15, 0.2) is 91.0 Å². The van der Waals surface area contributed by atoms with Gasteiger partial charge in [0.05, 0.1) is 6.61 Å². The molecule has 5 rings (SSSR count). The molecule has 3 aromatic rings. The van der Waals surface area contributed by atoms with Crippen molar-refractivity contribution in [3.8, 4) is 0 Å². The first-order chi connectivity index (χ1) is 17.1. The molecule has 180 valence electrons. The van der Waals surface area contributed by atoms with E-state index in [1.54, 1.807) is 0 Å². The van der Waals surface area contributed by atoms with Gasteiger partial charge in [-0.1, -0.05) is 97.9 Å². The summed E-state index contributed by atoms with van der Waals surface area (Å²) >= 11 is 0. The first kappa shape index (κ1) is 23.8. The topological polar surface area (TPSA) is 63.2 Å². The second kappa shape index (κ2) is 10.3. The molecule has 0 saturated carbocycles. The molecule has 6 nitrogen and oxygen atoms in total. The Labute approximate surface area is 206 Å². The fraction of sp³-hybridized carbons (Fsp3) is 0.321. The highest BCUT2D eigenvalue weighted by atomic mass is 16.8. The SMILES string of the molecule is CCB1OC2C(COC(c3ccccc3)(c3ccccc3)c3ccccc3)OC(OC(C)=O)C2O1. The van der Waals surface area contributed by atoms with Crippen molar-refractivity contribution in [2.24, 2.45) is 0 Å². The van der Waals surface area contributed by atoms with Gasteiger partial charge in [-0.3, -0.25) is 4.79 Å². The first-order valence-corrected chi connectivity index (χ1v) is 12.1. The lowest BCUT2D eigenvalue weighted by Crippen LogP contribution is -2.39. The lowest BCUT2D eigenvalue weighted by atomic mass is 9.80. The normalized spacial score (nSPS) is 23.8. The quantitative estimate of drug-likeness (QED) is 0.272. The zero-order chi connectivity index (χ0) is 24.3. The summed E-state index contributed by atoms with van der Waals surface area (Å²) in [4.78, 5) is 11.7. The third-order valence-corrected chi connectivity index (χ3v) is 6.51. The van der Waals surface area contributed by atoms with Crippen molar-refractivity contribution in [3.05, 3.63) is 108 Å². The average Bonchev–Trinajstić information content (AvgIpc) is 3.46. The van der Waals surface area contributed by atoms with Gasteiger partial charge in [-0.05, 0) is 23.0 Å². The standard InChI is InChI=1S/C28H29BO6/c1-3-29-34-25-24(33-27(26(25)35-29)32-20(2)30)19-31-28(21-13-7-4-8-14-21,22-15-9-5-10-16-22)23-17-11-6-12-18-23/h4-18,24-27H,3,19H2,1-2H3. The summed E-state index contributed by atoms with van der Waals surface area (Å²) in [5.74, 6) is -0.425. The number of benzene rings is 3. The number of hydrogen-bond acceptors (Lipinski definition) is 6. The molecule has 4 atom stereocenters. The second-order valence-corrected chi connectivity index (χ2v) is 8.78. The first-order valence-electron chi connectivity index (χ1n) is 12.1. The Morgan fingerprint density at radius 1 is 0.829 bits per heavy atom. The lowest BCUT2D eigenvalue weighted by molar-refractivity contribution is -0.190. The third kappa shape index (κ3) is 4.65. The summed E-state index contributed by atoms with van der Waals surface area (Å²) in [6.07, 6.45) is -1.50. The molecule has 0 amide bonds. The molecule has 0 bridgehead atoms. The summed E-state index contributed by atoms with van der Waals surface area (Å²) in [6.45, 7) is 3.56. The Morgan fingerprint density at radius 3 is 1.77 bits per heavy atom. The van der Waals surface area contributed by atoms with Crippen molar-refractivity contribution >= 4 is 13.1 Å². The van der Waals surface area contributed by atoms with Crippen LogP contribution in [0.1, 0.15) is 30.5 Å². The summed E-state index contributed by atoms with van der Waals surface area (Å²) < 4.78 is 30.5. The summed E-state index contributed by atoms with van der Waals surface area (Å²) in [5.41, 5.74) is 2.11. The summed E-state index contributed by atoms with van der Waals surface area (Å²) in [5, 5.41) is 0. The van der Waals surface area contributed by atoms with Gasteiger partial charge in [-0.25, -0.2) is 0 Å². The maximum absolute atomic E-state index is 11.7. The number of ether oxygens (including phenoxy) is 3. The minimum atomic E-state index is -0.883. The van der Waals surface area contributed by atoms with Crippen LogP contribution in [0, 0.1) is 0 Å². The average molecular weight is 472 g/mol. The van der Waals surface area contributed by atoms with Crippen LogP contribution in [-0.4, -0.2) is 44.3 Å². The molecule has 0 aliphatic carbocycles. The van der Waals surface area contributed by atoms with Crippen molar-refractivity contribution < 1.29 is 28.3 Å². The molecule has 2 saturated heterocycles. The molecule has 0 spiro atoms. The molecule has 4 unspecified atom stereocenters. The van der Waals surface area contributed by atoms with E-state index in [1.807, 2.05) is 61.5 Å². The van der Waals surface area contributed by atoms with Crippen molar-refractivity contribution in [1.82, 2.24) is 0 Å². The molecular weight excluding hydrogens is 443 g/mol. The molecule has 7 heteroatoms. The van der Waals surface area contributed by atoms with E-state index in [2.05, 4.69) is 36.4 Å². The van der Waals surface area contributed by atoms with Crippen molar-refractivity contribution in [1.29, 1.82) is 0 Å². The van der Waals surface area contributed by atoms with Crippen molar-refractivity contribution in [2.75, 3.05) is 6.61 Å². The van der Waals surface area contributed by atoms with E-state index in [0.29, 0.717) is 6.32 Å². The van der Waals surface area contributed by atoms with E-state index in [1.165, 1.54) is 6.92 Å². The van der Waals surface area contributed by atoms with Crippen molar-refractivity contribution in [3.63, 3.8) is 0 Å². The second-order valence-electron chi connectivity index (χ2n) is 8.78. The molecule has 2 fully saturated rings.